The molecule has 2 amide bonds. The molecule has 0 aliphatic rings. The first-order chi connectivity index (χ1) is 11.9. The van der Waals surface area contributed by atoms with Gasteiger partial charge in [0.25, 0.3) is 0 Å². The van der Waals surface area contributed by atoms with Crippen molar-refractivity contribution in [2.45, 2.75) is 40.5 Å². The minimum Gasteiger partial charge on any atom is -0.326 e. The van der Waals surface area contributed by atoms with Gasteiger partial charge in [0.1, 0.15) is 0 Å². The summed E-state index contributed by atoms with van der Waals surface area (Å²) in [6.07, 6.45) is 1.11. The normalized spacial score (nSPS) is 10.4. The van der Waals surface area contributed by atoms with Gasteiger partial charge in [-0.15, -0.1) is 0 Å². The van der Waals surface area contributed by atoms with Crippen LogP contribution >= 0.6 is 0 Å². The van der Waals surface area contributed by atoms with Gasteiger partial charge in [0, 0.05) is 31.3 Å². The van der Waals surface area contributed by atoms with Gasteiger partial charge in [-0.1, -0.05) is 43.3 Å². The molecule has 0 fully saturated rings. The van der Waals surface area contributed by atoms with E-state index in [4.69, 9.17) is 0 Å². The summed E-state index contributed by atoms with van der Waals surface area (Å²) in [5, 5.41) is 2.96. The first-order valence-electron chi connectivity index (χ1n) is 8.66. The molecule has 4 nitrogen and oxygen atoms in total. The predicted octanol–water partition coefficient (Wildman–Crippen LogP) is 4.25. The van der Waals surface area contributed by atoms with E-state index in [9.17, 15) is 9.59 Å². The van der Waals surface area contributed by atoms with E-state index in [2.05, 4.69) is 12.2 Å². The summed E-state index contributed by atoms with van der Waals surface area (Å²) >= 11 is 0. The zero-order valence-corrected chi connectivity index (χ0v) is 15.4. The summed E-state index contributed by atoms with van der Waals surface area (Å²) < 4.78 is 0. The number of benzene rings is 2. The van der Waals surface area contributed by atoms with E-state index >= 15 is 0 Å². The van der Waals surface area contributed by atoms with Gasteiger partial charge in [0.15, 0.2) is 0 Å². The fourth-order valence-electron chi connectivity index (χ4n) is 3.03. The minimum absolute atomic E-state index is 0.0563. The maximum absolute atomic E-state index is 12.4. The second kappa shape index (κ2) is 8.47. The molecule has 2 rings (SSSR count). The first kappa shape index (κ1) is 18.7. The Labute approximate surface area is 149 Å². The lowest BCUT2D eigenvalue weighted by atomic mass is 10.1. The lowest BCUT2D eigenvalue weighted by Crippen LogP contribution is -2.33. The van der Waals surface area contributed by atoms with Gasteiger partial charge in [-0.25, -0.2) is 0 Å². The Hall–Kier alpha value is -2.62. The summed E-state index contributed by atoms with van der Waals surface area (Å²) in [5.41, 5.74) is 4.92. The highest BCUT2D eigenvalue weighted by Crippen LogP contribution is 2.25. The zero-order chi connectivity index (χ0) is 18.4. The molecule has 0 atom stereocenters. The highest BCUT2D eigenvalue weighted by atomic mass is 16.2. The topological polar surface area (TPSA) is 49.4 Å². The van der Waals surface area contributed by atoms with E-state index in [-0.39, 0.29) is 18.2 Å². The van der Waals surface area contributed by atoms with Crippen molar-refractivity contribution in [3.8, 4) is 0 Å². The van der Waals surface area contributed by atoms with Crippen LogP contribution in [0.2, 0.25) is 0 Å². The van der Waals surface area contributed by atoms with Gasteiger partial charge >= 0.3 is 0 Å². The van der Waals surface area contributed by atoms with Crippen LogP contribution in [-0.2, 0) is 16.0 Å². The Morgan fingerprint density at radius 1 is 1.00 bits per heavy atom. The molecule has 0 aliphatic heterocycles. The van der Waals surface area contributed by atoms with E-state index < -0.39 is 0 Å². The van der Waals surface area contributed by atoms with Gasteiger partial charge in [-0.2, -0.15) is 0 Å². The molecule has 0 radical (unpaired) electrons. The predicted molar refractivity (Wildman–Crippen MR) is 103 cm³/mol. The van der Waals surface area contributed by atoms with Crippen molar-refractivity contribution >= 4 is 23.2 Å². The number of amides is 2. The number of nitrogens with one attached hydrogen (secondary N) is 1. The highest BCUT2D eigenvalue weighted by Gasteiger charge is 2.17. The summed E-state index contributed by atoms with van der Waals surface area (Å²) in [6.45, 7) is 7.92. The molecular formula is C21H26N2O2. The van der Waals surface area contributed by atoms with Gasteiger partial charge < -0.3 is 10.2 Å². The molecule has 2 aromatic carbocycles. The number of carbonyl (C=O) groups excluding carboxylic acids is 2. The van der Waals surface area contributed by atoms with Crippen LogP contribution in [0.15, 0.2) is 42.5 Å². The zero-order valence-electron chi connectivity index (χ0n) is 15.4. The summed E-state index contributed by atoms with van der Waals surface area (Å²) in [4.78, 5) is 26.2. The monoisotopic (exact) mass is 338 g/mol. The van der Waals surface area contributed by atoms with Crippen molar-refractivity contribution in [1.82, 2.24) is 0 Å². The highest BCUT2D eigenvalue weighted by molar-refractivity contribution is 5.96. The third-order valence-corrected chi connectivity index (χ3v) is 4.32. The molecule has 4 heteroatoms. The Bertz CT molecular complexity index is 748. The second-order valence-electron chi connectivity index (χ2n) is 6.22. The van der Waals surface area contributed by atoms with E-state index in [0.29, 0.717) is 6.54 Å². The molecule has 2 aromatic rings. The molecule has 0 aliphatic carbocycles. The molecule has 0 saturated heterocycles. The molecule has 0 saturated carbocycles. The molecule has 25 heavy (non-hydrogen) atoms. The number of aryl methyl sites for hydroxylation is 3. The van der Waals surface area contributed by atoms with Crippen LogP contribution in [-0.4, -0.2) is 18.4 Å². The van der Waals surface area contributed by atoms with E-state index in [0.717, 1.165) is 34.5 Å². The Morgan fingerprint density at radius 2 is 1.64 bits per heavy atom. The molecule has 0 aromatic heterocycles. The van der Waals surface area contributed by atoms with E-state index in [1.165, 1.54) is 6.92 Å². The third-order valence-electron chi connectivity index (χ3n) is 4.32. The standard InChI is InChI=1S/C21H26N2O2/c1-5-18-11-6-7-12-19(18)22-20(25)13-14-23(17(4)24)21-15(2)9-8-10-16(21)3/h6-12H,5,13-14H2,1-4H3,(H,22,25). The van der Waals surface area contributed by atoms with Crippen molar-refractivity contribution in [3.63, 3.8) is 0 Å². The number of hydrogen-bond acceptors (Lipinski definition) is 2. The lowest BCUT2D eigenvalue weighted by molar-refractivity contribution is -0.117. The number of carbonyl (C=O) groups is 2. The van der Waals surface area contributed by atoms with Crippen LogP contribution in [0.5, 0.6) is 0 Å². The molecule has 0 bridgehead atoms. The first-order valence-corrected chi connectivity index (χ1v) is 8.66. The van der Waals surface area contributed by atoms with Crippen LogP contribution in [0.1, 0.15) is 37.0 Å². The van der Waals surface area contributed by atoms with Crippen molar-refractivity contribution < 1.29 is 9.59 Å². The third kappa shape index (κ3) is 4.69. The van der Waals surface area contributed by atoms with Gasteiger partial charge in [0.2, 0.25) is 11.8 Å². The molecule has 1 N–H and O–H groups in total. The van der Waals surface area contributed by atoms with Crippen molar-refractivity contribution in [1.29, 1.82) is 0 Å². The van der Waals surface area contributed by atoms with E-state index in [1.54, 1.807) is 4.90 Å². The SMILES string of the molecule is CCc1ccccc1NC(=O)CCN(C(C)=O)c1c(C)cccc1C. The Morgan fingerprint density at radius 3 is 2.24 bits per heavy atom. The lowest BCUT2D eigenvalue weighted by Gasteiger charge is -2.25. The van der Waals surface area contributed by atoms with Crippen molar-refractivity contribution in [3.05, 3.63) is 59.2 Å². The smallest absolute Gasteiger partial charge is 0.226 e. The number of para-hydroxylation sites is 2. The molecule has 0 spiro atoms. The fourth-order valence-corrected chi connectivity index (χ4v) is 3.03. The number of rotatable bonds is 6. The fraction of sp³-hybridized carbons (Fsp3) is 0.333. The maximum atomic E-state index is 12.4. The average molecular weight is 338 g/mol. The molecular weight excluding hydrogens is 312 g/mol. The largest absolute Gasteiger partial charge is 0.326 e. The van der Waals surface area contributed by atoms with Crippen LogP contribution in [0.3, 0.4) is 0 Å². The molecule has 0 unspecified atom stereocenters. The van der Waals surface area contributed by atoms with E-state index in [1.807, 2.05) is 56.3 Å². The summed E-state index contributed by atoms with van der Waals surface area (Å²) in [5.74, 6) is -0.141. The minimum atomic E-state index is -0.0848. The Balaban J connectivity index is 2.09. The van der Waals surface area contributed by atoms with Crippen LogP contribution in [0.4, 0.5) is 11.4 Å². The van der Waals surface area contributed by atoms with Gasteiger partial charge in [-0.05, 0) is 43.0 Å². The number of nitrogens with zero attached hydrogens (tertiary/aromatic N) is 1. The quantitative estimate of drug-likeness (QED) is 0.856. The summed E-state index contributed by atoms with van der Waals surface area (Å²) in [7, 11) is 0. The van der Waals surface area contributed by atoms with Crippen LogP contribution in [0, 0.1) is 13.8 Å². The molecule has 132 valence electrons. The summed E-state index contributed by atoms with van der Waals surface area (Å²) in [6, 6.07) is 13.7. The van der Waals surface area contributed by atoms with Gasteiger partial charge in [-0.3, -0.25) is 9.59 Å². The average Bonchev–Trinajstić information content (AvgIpc) is 2.57. The van der Waals surface area contributed by atoms with Crippen molar-refractivity contribution in [2.24, 2.45) is 0 Å². The van der Waals surface area contributed by atoms with Gasteiger partial charge in [0.05, 0.1) is 0 Å². The van der Waals surface area contributed by atoms with Crippen LogP contribution in [0.25, 0.3) is 0 Å². The maximum Gasteiger partial charge on any atom is 0.226 e. The Kier molecular flexibility index (Phi) is 6.34. The van der Waals surface area contributed by atoms with Crippen LogP contribution < -0.4 is 10.2 Å². The van der Waals surface area contributed by atoms with Crippen molar-refractivity contribution in [2.75, 3.05) is 16.8 Å². The number of hydrogen-bond donors (Lipinski definition) is 1. The second-order valence-corrected chi connectivity index (χ2v) is 6.22. The molecule has 0 heterocycles. The number of anilines is 2.